The summed E-state index contributed by atoms with van der Waals surface area (Å²) in [6.07, 6.45) is -1.74. The van der Waals surface area contributed by atoms with E-state index in [1.54, 1.807) is 72.8 Å². The van der Waals surface area contributed by atoms with E-state index in [2.05, 4.69) is 0 Å². The van der Waals surface area contributed by atoms with Gasteiger partial charge < -0.3 is 39.0 Å². The van der Waals surface area contributed by atoms with Crippen LogP contribution in [0.2, 0.25) is 0 Å². The van der Waals surface area contributed by atoms with E-state index < -0.39 is 24.1 Å². The maximum atomic E-state index is 11.4. The van der Waals surface area contributed by atoms with Crippen LogP contribution >= 0.6 is 0 Å². The minimum Gasteiger partial charge on any atom is -0.545 e. The molecule has 0 saturated carbocycles. The first-order valence-corrected chi connectivity index (χ1v) is 11.3. The summed E-state index contributed by atoms with van der Waals surface area (Å²) < 4.78 is 9.80. The maximum absolute atomic E-state index is 11.4. The molecule has 0 spiro atoms. The molecular weight excluding hydrogens is 590 g/mol. The number of para-hydroxylation sites is 4. The Kier molecular flexibility index (Phi) is 12.8. The molecule has 41 heavy (non-hydrogen) atoms. The molecule has 12 nitrogen and oxygen atoms in total. The van der Waals surface area contributed by atoms with E-state index in [4.69, 9.17) is 19.1 Å². The molecule has 2 N–H and O–H groups in total. The molecule has 204 valence electrons. The first-order chi connectivity index (χ1) is 19.3. The van der Waals surface area contributed by atoms with Crippen LogP contribution in [-0.4, -0.2) is 24.1 Å². The van der Waals surface area contributed by atoms with Gasteiger partial charge >= 0.3 is 31.7 Å². The molecule has 0 radical (unpaired) electrons. The zero-order valence-corrected chi connectivity index (χ0v) is 24.1. The molecule has 4 aromatic carbocycles. The summed E-state index contributed by atoms with van der Waals surface area (Å²) in [5, 5.41) is 21.6. The fraction of sp³-hybridized carbons (Fsp3) is 0. The molecule has 0 atom stereocenters. The number of benzene rings is 4. The second-order valence-electron chi connectivity index (χ2n) is 7.38. The van der Waals surface area contributed by atoms with E-state index in [1.165, 1.54) is 36.4 Å². The Morgan fingerprint density at radius 1 is 0.488 bits per heavy atom. The molecule has 13 heteroatoms. The minimum absolute atomic E-state index is 0. The SMILES string of the molecule is O=C(NOc1ccccc1C(=O)[O-])Oc1ccccc1.O=C(NOc1ccccc1C(=O)[O-])Oc1ccccc1.[Zn+2]. The summed E-state index contributed by atoms with van der Waals surface area (Å²) in [7, 11) is 0. The van der Waals surface area contributed by atoms with Gasteiger partial charge in [-0.05, 0) is 48.5 Å². The van der Waals surface area contributed by atoms with Crippen molar-refractivity contribution in [1.29, 1.82) is 0 Å². The van der Waals surface area contributed by atoms with Crippen LogP contribution in [0, 0.1) is 0 Å². The van der Waals surface area contributed by atoms with Crippen LogP contribution < -0.4 is 40.3 Å². The van der Waals surface area contributed by atoms with Crippen LogP contribution in [0.1, 0.15) is 20.7 Å². The predicted octanol–water partition coefficient (Wildman–Crippen LogP) is 2.26. The molecule has 0 saturated heterocycles. The van der Waals surface area contributed by atoms with Gasteiger partial charge in [0, 0.05) is 11.1 Å². The molecule has 2 amide bonds. The van der Waals surface area contributed by atoms with E-state index in [0.29, 0.717) is 11.5 Å². The second kappa shape index (κ2) is 16.5. The zero-order valence-electron chi connectivity index (χ0n) is 21.2. The molecule has 0 aliphatic heterocycles. The number of hydrogen-bond donors (Lipinski definition) is 2. The molecule has 4 rings (SSSR count). The van der Waals surface area contributed by atoms with Crippen LogP contribution in [0.15, 0.2) is 109 Å². The van der Waals surface area contributed by atoms with E-state index >= 15 is 0 Å². The Labute approximate surface area is 246 Å². The third-order valence-electron chi connectivity index (χ3n) is 4.61. The smallest absolute Gasteiger partial charge is 0.545 e. The van der Waals surface area contributed by atoms with Crippen molar-refractivity contribution in [3.05, 3.63) is 120 Å². The number of aromatic carboxylic acids is 2. The minimum atomic E-state index is -1.40. The van der Waals surface area contributed by atoms with E-state index in [9.17, 15) is 29.4 Å². The van der Waals surface area contributed by atoms with Gasteiger partial charge in [-0.1, -0.05) is 60.7 Å². The summed E-state index contributed by atoms with van der Waals surface area (Å²) >= 11 is 0. The van der Waals surface area contributed by atoms with Crippen molar-refractivity contribution in [3.8, 4) is 23.0 Å². The molecule has 0 bridgehead atoms. The van der Waals surface area contributed by atoms with Crippen molar-refractivity contribution in [1.82, 2.24) is 11.0 Å². The molecule has 0 unspecified atom stereocenters. The number of carbonyl (C=O) groups is 4. The number of hydroxylamine groups is 2. The largest absolute Gasteiger partial charge is 2.00 e. The number of carboxylic acids is 2. The summed E-state index contributed by atoms with van der Waals surface area (Å²) in [5.41, 5.74) is 3.63. The van der Waals surface area contributed by atoms with Crippen molar-refractivity contribution < 1.29 is 68.0 Å². The van der Waals surface area contributed by atoms with Crippen molar-refractivity contribution in [2.75, 3.05) is 0 Å². The summed E-state index contributed by atoms with van der Waals surface area (Å²) in [4.78, 5) is 54.3. The van der Waals surface area contributed by atoms with Gasteiger partial charge in [0.1, 0.15) is 11.5 Å². The van der Waals surface area contributed by atoms with Crippen LogP contribution in [0.3, 0.4) is 0 Å². The number of hydrogen-bond acceptors (Lipinski definition) is 10. The van der Waals surface area contributed by atoms with Gasteiger partial charge in [-0.25, -0.2) is 9.59 Å². The molecule has 0 heterocycles. The molecular formula is C28H20N2O10Zn. The quantitative estimate of drug-likeness (QED) is 0.223. The maximum Gasteiger partial charge on any atom is 2.00 e. The predicted molar refractivity (Wildman–Crippen MR) is 134 cm³/mol. The number of carboxylic acid groups (broad SMARTS) is 2. The van der Waals surface area contributed by atoms with Crippen molar-refractivity contribution >= 4 is 24.1 Å². The first kappa shape index (κ1) is 31.8. The Balaban J connectivity index is 0.000000280. The Bertz CT molecular complexity index is 1340. The Morgan fingerprint density at radius 3 is 1.15 bits per heavy atom. The number of rotatable bonds is 8. The van der Waals surface area contributed by atoms with Crippen LogP contribution in [0.4, 0.5) is 9.59 Å². The summed E-state index contributed by atoms with van der Waals surface area (Å²) in [6.45, 7) is 0. The van der Waals surface area contributed by atoms with Crippen molar-refractivity contribution in [2.24, 2.45) is 0 Å². The number of amides is 2. The zero-order chi connectivity index (χ0) is 28.7. The first-order valence-electron chi connectivity index (χ1n) is 11.3. The molecule has 0 aliphatic carbocycles. The monoisotopic (exact) mass is 608 g/mol. The fourth-order valence-corrected chi connectivity index (χ4v) is 2.87. The molecule has 0 fully saturated rings. The van der Waals surface area contributed by atoms with Gasteiger partial charge in [-0.3, -0.25) is 0 Å². The van der Waals surface area contributed by atoms with Gasteiger partial charge in [0.15, 0.2) is 11.5 Å². The van der Waals surface area contributed by atoms with Crippen molar-refractivity contribution in [2.45, 2.75) is 0 Å². The van der Waals surface area contributed by atoms with Gasteiger partial charge in [0.05, 0.1) is 11.9 Å². The van der Waals surface area contributed by atoms with Crippen molar-refractivity contribution in [3.63, 3.8) is 0 Å². The average Bonchev–Trinajstić information content (AvgIpc) is 2.96. The normalized spacial score (nSPS) is 9.37. The molecule has 0 aliphatic rings. The molecule has 4 aromatic rings. The molecule has 0 aromatic heterocycles. The van der Waals surface area contributed by atoms with E-state index in [1.807, 2.05) is 11.0 Å². The van der Waals surface area contributed by atoms with Crippen LogP contribution in [-0.2, 0) is 19.5 Å². The van der Waals surface area contributed by atoms with Crippen LogP contribution in [0.5, 0.6) is 23.0 Å². The third kappa shape index (κ3) is 10.7. The van der Waals surface area contributed by atoms with Gasteiger partial charge in [0.2, 0.25) is 0 Å². The van der Waals surface area contributed by atoms with E-state index in [0.717, 1.165) is 0 Å². The standard InChI is InChI=1S/2C14H11NO5.Zn/c2*16-13(17)11-8-4-5-9-12(11)20-15-14(18)19-10-6-2-1-3-7-10;/h2*1-9H,(H,15,18)(H,16,17);/q;;+2/p-2. The number of nitrogens with one attached hydrogen (secondary N) is 2. The van der Waals surface area contributed by atoms with Gasteiger partial charge in [-0.2, -0.15) is 11.0 Å². The third-order valence-corrected chi connectivity index (χ3v) is 4.61. The fourth-order valence-electron chi connectivity index (χ4n) is 2.87. The second-order valence-corrected chi connectivity index (χ2v) is 7.38. The topological polar surface area (TPSA) is 175 Å². The van der Waals surface area contributed by atoms with Crippen LogP contribution in [0.25, 0.3) is 0 Å². The Hall–Kier alpha value is -5.42. The van der Waals surface area contributed by atoms with Gasteiger partial charge in [-0.15, -0.1) is 0 Å². The Morgan fingerprint density at radius 2 is 0.805 bits per heavy atom. The summed E-state index contributed by atoms with van der Waals surface area (Å²) in [6, 6.07) is 28.2. The van der Waals surface area contributed by atoms with Gasteiger partial charge in [0.25, 0.3) is 0 Å². The van der Waals surface area contributed by atoms with E-state index in [-0.39, 0.29) is 42.1 Å². The summed E-state index contributed by atoms with van der Waals surface area (Å²) in [5.74, 6) is -2.23. The average molecular weight is 610 g/mol. The number of ether oxygens (including phenoxy) is 2. The number of carbonyl (C=O) groups excluding carboxylic acids is 4.